The molecule has 0 bridgehead atoms. The molecule has 0 saturated carbocycles. The Kier molecular flexibility index (Phi) is 4.39. The fourth-order valence-electron chi connectivity index (χ4n) is 1.16. The van der Waals surface area contributed by atoms with Crippen molar-refractivity contribution in [2.75, 3.05) is 0 Å². The third-order valence-electron chi connectivity index (χ3n) is 1.88. The van der Waals surface area contributed by atoms with E-state index in [2.05, 4.69) is 15.9 Å². The van der Waals surface area contributed by atoms with Crippen LogP contribution in [0.25, 0.3) is 6.08 Å². The van der Waals surface area contributed by atoms with Crippen molar-refractivity contribution in [1.29, 1.82) is 0 Å². The van der Waals surface area contributed by atoms with Gasteiger partial charge in [0, 0.05) is 30.0 Å². The van der Waals surface area contributed by atoms with E-state index in [1.807, 2.05) is 0 Å². The molecule has 0 spiro atoms. The summed E-state index contributed by atoms with van der Waals surface area (Å²) in [5.74, 6) is -0.178. The minimum absolute atomic E-state index is 0.0310. The predicted octanol–water partition coefficient (Wildman–Crippen LogP) is 3.01. The Morgan fingerprint density at radius 3 is 2.65 bits per heavy atom. The van der Waals surface area contributed by atoms with Gasteiger partial charge in [-0.05, 0) is 18.2 Å². The van der Waals surface area contributed by atoms with Crippen molar-refractivity contribution >= 4 is 28.0 Å². The molecule has 0 radical (unpaired) electrons. The first-order chi connectivity index (χ1) is 7.90. The lowest BCUT2D eigenvalue weighted by Crippen LogP contribution is -2.03. The van der Waals surface area contributed by atoms with E-state index < -0.39 is 10.9 Å². The Morgan fingerprint density at radius 2 is 2.12 bits per heavy atom. The number of halogens is 1. The second-order valence-electron chi connectivity index (χ2n) is 3.32. The first-order valence-corrected chi connectivity index (χ1v) is 5.50. The number of nitrogens with zero attached hydrogens (tertiary/aromatic N) is 1. The van der Waals surface area contributed by atoms with Crippen LogP contribution in [0.15, 0.2) is 28.4 Å². The lowest BCUT2D eigenvalue weighted by Gasteiger charge is -2.05. The summed E-state index contributed by atoms with van der Waals surface area (Å²) >= 11 is 3.25. The number of esters is 1. The number of nitro groups is 1. The predicted molar refractivity (Wildman–Crippen MR) is 66.1 cm³/mol. The van der Waals surface area contributed by atoms with Crippen LogP contribution in [0.4, 0.5) is 0 Å². The van der Waals surface area contributed by atoms with Gasteiger partial charge in [-0.25, -0.2) is 0 Å². The maximum Gasteiger partial charge on any atom is 0.308 e. The quantitative estimate of drug-likeness (QED) is 0.372. The highest BCUT2D eigenvalue weighted by atomic mass is 79.9. The molecule has 0 saturated heterocycles. The third-order valence-corrected chi connectivity index (χ3v) is 2.37. The standard InChI is InChI=1S/C11H10BrNO4/c1-7(13(15)16)5-9-6-10(12)3-4-11(9)17-8(2)14/h3-6H,1-2H3. The van der Waals surface area contributed by atoms with Crippen molar-refractivity contribution in [2.45, 2.75) is 13.8 Å². The number of benzene rings is 1. The molecule has 0 aliphatic rings. The van der Waals surface area contributed by atoms with Gasteiger partial charge in [0.05, 0.1) is 4.92 Å². The van der Waals surface area contributed by atoms with Gasteiger partial charge in [0.25, 0.3) is 0 Å². The van der Waals surface area contributed by atoms with Gasteiger partial charge in [-0.3, -0.25) is 14.9 Å². The normalized spacial score (nSPS) is 11.1. The maximum absolute atomic E-state index is 10.9. The molecular weight excluding hydrogens is 290 g/mol. The maximum atomic E-state index is 10.9. The van der Waals surface area contributed by atoms with Crippen LogP contribution in [0.1, 0.15) is 19.4 Å². The Bertz CT molecular complexity index is 496. The summed E-state index contributed by atoms with van der Waals surface area (Å²) in [5, 5.41) is 10.5. The second-order valence-corrected chi connectivity index (χ2v) is 4.23. The SMILES string of the molecule is CC(=O)Oc1ccc(Br)cc1C=C(C)[N+](=O)[O-]. The summed E-state index contributed by atoms with van der Waals surface area (Å²) in [6, 6.07) is 4.91. The van der Waals surface area contributed by atoms with Gasteiger partial charge in [-0.2, -0.15) is 0 Å². The molecule has 0 amide bonds. The van der Waals surface area contributed by atoms with E-state index in [-0.39, 0.29) is 5.70 Å². The van der Waals surface area contributed by atoms with E-state index >= 15 is 0 Å². The van der Waals surface area contributed by atoms with Gasteiger partial charge in [0.2, 0.25) is 5.70 Å². The van der Waals surface area contributed by atoms with Gasteiger partial charge in [-0.15, -0.1) is 0 Å². The molecule has 17 heavy (non-hydrogen) atoms. The largest absolute Gasteiger partial charge is 0.426 e. The molecule has 0 aliphatic heterocycles. The van der Waals surface area contributed by atoms with E-state index in [4.69, 9.17) is 4.74 Å². The summed E-state index contributed by atoms with van der Waals surface area (Å²) in [7, 11) is 0. The van der Waals surface area contributed by atoms with Crippen LogP contribution in [-0.4, -0.2) is 10.9 Å². The van der Waals surface area contributed by atoms with Crippen LogP contribution < -0.4 is 4.74 Å². The van der Waals surface area contributed by atoms with Crippen molar-refractivity contribution < 1.29 is 14.5 Å². The van der Waals surface area contributed by atoms with Crippen LogP contribution in [0, 0.1) is 10.1 Å². The molecule has 1 rings (SSSR count). The van der Waals surface area contributed by atoms with Crippen molar-refractivity contribution in [3.63, 3.8) is 0 Å². The molecular formula is C11H10BrNO4. The van der Waals surface area contributed by atoms with Crippen LogP contribution in [0.5, 0.6) is 5.75 Å². The monoisotopic (exact) mass is 299 g/mol. The van der Waals surface area contributed by atoms with Gasteiger partial charge in [0.1, 0.15) is 5.75 Å². The zero-order chi connectivity index (χ0) is 13.0. The molecule has 0 fully saturated rings. The molecule has 0 unspecified atom stereocenters. The molecule has 0 atom stereocenters. The van der Waals surface area contributed by atoms with E-state index in [1.54, 1.807) is 18.2 Å². The van der Waals surface area contributed by atoms with Crippen molar-refractivity contribution in [3.05, 3.63) is 44.0 Å². The van der Waals surface area contributed by atoms with Crippen molar-refractivity contribution in [2.24, 2.45) is 0 Å². The number of carbonyl (C=O) groups excluding carboxylic acids is 1. The zero-order valence-corrected chi connectivity index (χ0v) is 10.9. The lowest BCUT2D eigenvalue weighted by molar-refractivity contribution is -0.422. The Balaban J connectivity index is 3.20. The van der Waals surface area contributed by atoms with Gasteiger partial charge in [-0.1, -0.05) is 15.9 Å². The fraction of sp³-hybridized carbons (Fsp3) is 0.182. The van der Waals surface area contributed by atoms with E-state index in [0.717, 1.165) is 4.47 Å². The van der Waals surface area contributed by atoms with Crippen LogP contribution >= 0.6 is 15.9 Å². The van der Waals surface area contributed by atoms with Crippen LogP contribution in [0.2, 0.25) is 0 Å². The van der Waals surface area contributed by atoms with Crippen LogP contribution in [0.3, 0.4) is 0 Å². The summed E-state index contributed by atoms with van der Waals surface area (Å²) in [6.07, 6.45) is 1.35. The van der Waals surface area contributed by atoms with Crippen molar-refractivity contribution in [1.82, 2.24) is 0 Å². The number of ether oxygens (including phenoxy) is 1. The minimum atomic E-state index is -0.502. The molecule has 5 nitrogen and oxygen atoms in total. The smallest absolute Gasteiger partial charge is 0.308 e. The molecule has 90 valence electrons. The van der Waals surface area contributed by atoms with Gasteiger partial charge >= 0.3 is 5.97 Å². The van der Waals surface area contributed by atoms with Gasteiger partial charge in [0.15, 0.2) is 0 Å². The van der Waals surface area contributed by atoms with E-state index in [0.29, 0.717) is 11.3 Å². The molecule has 0 aromatic heterocycles. The average molecular weight is 300 g/mol. The Hall–Kier alpha value is -1.69. The molecule has 0 N–H and O–H groups in total. The highest BCUT2D eigenvalue weighted by Crippen LogP contribution is 2.25. The number of hydrogen-bond acceptors (Lipinski definition) is 4. The highest BCUT2D eigenvalue weighted by molar-refractivity contribution is 9.10. The summed E-state index contributed by atoms with van der Waals surface area (Å²) in [6.45, 7) is 2.65. The molecule has 0 heterocycles. The number of hydrogen-bond donors (Lipinski definition) is 0. The molecule has 1 aromatic carbocycles. The fourth-order valence-corrected chi connectivity index (χ4v) is 1.54. The first-order valence-electron chi connectivity index (χ1n) is 4.71. The molecule has 6 heteroatoms. The molecule has 1 aromatic rings. The Labute approximate surface area is 106 Å². The minimum Gasteiger partial charge on any atom is -0.426 e. The highest BCUT2D eigenvalue weighted by Gasteiger charge is 2.09. The number of allylic oxidation sites excluding steroid dienone is 1. The summed E-state index contributed by atoms with van der Waals surface area (Å²) < 4.78 is 5.70. The topological polar surface area (TPSA) is 69.4 Å². The first kappa shape index (κ1) is 13.4. The molecule has 0 aliphatic carbocycles. The number of rotatable bonds is 3. The van der Waals surface area contributed by atoms with Crippen LogP contribution in [-0.2, 0) is 4.79 Å². The second kappa shape index (κ2) is 5.58. The van der Waals surface area contributed by atoms with E-state index in [1.165, 1.54) is 19.9 Å². The lowest BCUT2D eigenvalue weighted by atomic mass is 10.2. The summed E-state index contributed by atoms with van der Waals surface area (Å²) in [4.78, 5) is 20.9. The van der Waals surface area contributed by atoms with E-state index in [9.17, 15) is 14.9 Å². The summed E-state index contributed by atoms with van der Waals surface area (Å²) in [5.41, 5.74) is 0.445. The number of carbonyl (C=O) groups is 1. The average Bonchev–Trinajstić information content (AvgIpc) is 2.21. The Morgan fingerprint density at radius 1 is 1.47 bits per heavy atom. The third kappa shape index (κ3) is 3.99. The van der Waals surface area contributed by atoms with Gasteiger partial charge < -0.3 is 4.74 Å². The zero-order valence-electron chi connectivity index (χ0n) is 9.27. The van der Waals surface area contributed by atoms with Crippen molar-refractivity contribution in [3.8, 4) is 5.75 Å².